The molecule has 1 fully saturated rings. The normalized spacial score (nSPS) is 17.2. The highest BCUT2D eigenvalue weighted by molar-refractivity contribution is 5.49. The second kappa shape index (κ2) is 6.49. The third-order valence-corrected chi connectivity index (χ3v) is 5.30. The standard InChI is InChI=1S/C20H28N6/c1-13-22-16-7-5-6-15(16)19(23-13)21-10-14-11-26(12-14)18-9-8-17(24-25-18)20(2,3)4/h8-9,14H,5-7,10-12H2,1-4H3,(H,21,22,23). The molecule has 6 heteroatoms. The molecule has 1 saturated heterocycles. The molecule has 138 valence electrons. The smallest absolute Gasteiger partial charge is 0.151 e. The Morgan fingerprint density at radius 1 is 1.12 bits per heavy atom. The van der Waals surface area contributed by atoms with E-state index < -0.39 is 0 Å². The number of hydrogen-bond donors (Lipinski definition) is 1. The minimum atomic E-state index is 0.0445. The van der Waals surface area contributed by atoms with Crippen molar-refractivity contribution in [2.75, 3.05) is 29.9 Å². The molecule has 3 heterocycles. The Balaban J connectivity index is 1.32. The van der Waals surface area contributed by atoms with Crippen molar-refractivity contribution in [2.24, 2.45) is 5.92 Å². The molecule has 0 spiro atoms. The fourth-order valence-electron chi connectivity index (χ4n) is 3.72. The zero-order chi connectivity index (χ0) is 18.3. The lowest BCUT2D eigenvalue weighted by molar-refractivity contribution is 0.424. The Hall–Kier alpha value is -2.24. The molecule has 2 aliphatic rings. The summed E-state index contributed by atoms with van der Waals surface area (Å²) in [5.41, 5.74) is 3.65. The molecule has 0 atom stereocenters. The van der Waals surface area contributed by atoms with Crippen LogP contribution in [0.15, 0.2) is 12.1 Å². The number of aromatic nitrogens is 4. The van der Waals surface area contributed by atoms with Crippen LogP contribution in [0.1, 0.15) is 50.0 Å². The van der Waals surface area contributed by atoms with Crippen molar-refractivity contribution in [1.82, 2.24) is 20.2 Å². The molecule has 6 nitrogen and oxygen atoms in total. The van der Waals surface area contributed by atoms with E-state index in [9.17, 15) is 0 Å². The predicted molar refractivity (Wildman–Crippen MR) is 104 cm³/mol. The fraction of sp³-hybridized carbons (Fsp3) is 0.600. The molecule has 2 aromatic rings. The molecular weight excluding hydrogens is 324 g/mol. The third-order valence-electron chi connectivity index (χ3n) is 5.30. The first-order valence-corrected chi connectivity index (χ1v) is 9.59. The molecule has 1 aliphatic carbocycles. The molecule has 26 heavy (non-hydrogen) atoms. The van der Waals surface area contributed by atoms with Crippen LogP contribution in [0.25, 0.3) is 0 Å². The predicted octanol–water partition coefficient (Wildman–Crippen LogP) is 2.91. The Bertz CT molecular complexity index is 787. The maximum atomic E-state index is 4.63. The monoisotopic (exact) mass is 352 g/mol. The van der Waals surface area contributed by atoms with E-state index >= 15 is 0 Å². The van der Waals surface area contributed by atoms with E-state index in [-0.39, 0.29) is 5.41 Å². The van der Waals surface area contributed by atoms with Gasteiger partial charge in [0.2, 0.25) is 0 Å². The maximum Gasteiger partial charge on any atom is 0.151 e. The molecule has 1 N–H and O–H groups in total. The first kappa shape index (κ1) is 17.2. The van der Waals surface area contributed by atoms with Crippen LogP contribution in [0.4, 0.5) is 11.6 Å². The van der Waals surface area contributed by atoms with Crippen molar-refractivity contribution in [1.29, 1.82) is 0 Å². The van der Waals surface area contributed by atoms with Crippen LogP contribution < -0.4 is 10.2 Å². The van der Waals surface area contributed by atoms with E-state index in [0.717, 1.165) is 55.6 Å². The summed E-state index contributed by atoms with van der Waals surface area (Å²) < 4.78 is 0. The zero-order valence-corrected chi connectivity index (χ0v) is 16.2. The van der Waals surface area contributed by atoms with Crippen molar-refractivity contribution in [3.05, 3.63) is 34.9 Å². The van der Waals surface area contributed by atoms with Crippen molar-refractivity contribution < 1.29 is 0 Å². The first-order valence-electron chi connectivity index (χ1n) is 9.59. The molecule has 1 aliphatic heterocycles. The summed E-state index contributed by atoms with van der Waals surface area (Å²) in [6.45, 7) is 11.4. The van der Waals surface area contributed by atoms with E-state index in [2.05, 4.69) is 63.3 Å². The van der Waals surface area contributed by atoms with Gasteiger partial charge in [0, 0.05) is 42.2 Å². The SMILES string of the molecule is Cc1nc2c(c(NCC3CN(c4ccc(C(C)(C)C)nn4)C3)n1)CCC2. The van der Waals surface area contributed by atoms with Gasteiger partial charge in [-0.15, -0.1) is 5.10 Å². The number of nitrogens with one attached hydrogen (secondary N) is 1. The van der Waals surface area contributed by atoms with Crippen LogP contribution in [0.3, 0.4) is 0 Å². The van der Waals surface area contributed by atoms with Crippen LogP contribution in [0.2, 0.25) is 0 Å². The summed E-state index contributed by atoms with van der Waals surface area (Å²) in [6, 6.07) is 4.19. The summed E-state index contributed by atoms with van der Waals surface area (Å²) in [4.78, 5) is 11.5. The van der Waals surface area contributed by atoms with Gasteiger partial charge in [-0.3, -0.25) is 0 Å². The molecule has 0 saturated carbocycles. The quantitative estimate of drug-likeness (QED) is 0.913. The highest BCUT2D eigenvalue weighted by Crippen LogP contribution is 2.28. The first-order chi connectivity index (χ1) is 12.4. The summed E-state index contributed by atoms with van der Waals surface area (Å²) >= 11 is 0. The molecular formula is C20H28N6. The molecule has 2 aromatic heterocycles. The number of hydrogen-bond acceptors (Lipinski definition) is 6. The van der Waals surface area contributed by atoms with E-state index in [0.29, 0.717) is 5.92 Å². The molecule has 0 aromatic carbocycles. The Morgan fingerprint density at radius 3 is 2.62 bits per heavy atom. The molecule has 0 radical (unpaired) electrons. The Morgan fingerprint density at radius 2 is 1.92 bits per heavy atom. The van der Waals surface area contributed by atoms with Gasteiger partial charge in [0.15, 0.2) is 5.82 Å². The van der Waals surface area contributed by atoms with Gasteiger partial charge >= 0.3 is 0 Å². The minimum Gasteiger partial charge on any atom is -0.369 e. The summed E-state index contributed by atoms with van der Waals surface area (Å²) in [6.07, 6.45) is 3.39. The largest absolute Gasteiger partial charge is 0.369 e. The highest BCUT2D eigenvalue weighted by Gasteiger charge is 2.29. The van der Waals surface area contributed by atoms with Crippen molar-refractivity contribution in [3.8, 4) is 0 Å². The number of anilines is 2. The van der Waals surface area contributed by atoms with E-state index in [1.165, 1.54) is 17.7 Å². The molecule has 0 amide bonds. The topological polar surface area (TPSA) is 66.8 Å². The van der Waals surface area contributed by atoms with Crippen LogP contribution in [-0.4, -0.2) is 39.8 Å². The minimum absolute atomic E-state index is 0.0445. The van der Waals surface area contributed by atoms with Crippen LogP contribution in [-0.2, 0) is 18.3 Å². The maximum absolute atomic E-state index is 4.63. The van der Waals surface area contributed by atoms with Gasteiger partial charge in [-0.05, 0) is 38.3 Å². The summed E-state index contributed by atoms with van der Waals surface area (Å²) in [5, 5.41) is 12.4. The van der Waals surface area contributed by atoms with Crippen LogP contribution in [0, 0.1) is 12.8 Å². The average molecular weight is 352 g/mol. The van der Waals surface area contributed by atoms with Gasteiger partial charge in [0.05, 0.1) is 5.69 Å². The lowest BCUT2D eigenvalue weighted by Gasteiger charge is -2.40. The average Bonchev–Trinajstić information content (AvgIpc) is 3.01. The van der Waals surface area contributed by atoms with Crippen molar-refractivity contribution in [3.63, 3.8) is 0 Å². The van der Waals surface area contributed by atoms with Gasteiger partial charge in [0.1, 0.15) is 11.6 Å². The van der Waals surface area contributed by atoms with Crippen LogP contribution >= 0.6 is 0 Å². The van der Waals surface area contributed by atoms with E-state index in [1.54, 1.807) is 0 Å². The number of fused-ring (bicyclic) bond motifs is 1. The Labute approximate surface area is 155 Å². The van der Waals surface area contributed by atoms with Gasteiger partial charge in [0.25, 0.3) is 0 Å². The van der Waals surface area contributed by atoms with Crippen molar-refractivity contribution >= 4 is 11.6 Å². The second-order valence-corrected chi connectivity index (χ2v) is 8.58. The van der Waals surface area contributed by atoms with Gasteiger partial charge in [-0.1, -0.05) is 20.8 Å². The van der Waals surface area contributed by atoms with Gasteiger partial charge in [-0.2, -0.15) is 5.10 Å². The lowest BCUT2D eigenvalue weighted by Crippen LogP contribution is -2.50. The van der Waals surface area contributed by atoms with E-state index in [4.69, 9.17) is 0 Å². The van der Waals surface area contributed by atoms with Gasteiger partial charge in [-0.25, -0.2) is 9.97 Å². The van der Waals surface area contributed by atoms with E-state index in [1.807, 2.05) is 6.92 Å². The summed E-state index contributed by atoms with van der Waals surface area (Å²) in [7, 11) is 0. The van der Waals surface area contributed by atoms with Crippen LogP contribution in [0.5, 0.6) is 0 Å². The fourth-order valence-corrected chi connectivity index (χ4v) is 3.72. The Kier molecular flexibility index (Phi) is 4.29. The number of aryl methyl sites for hydroxylation is 2. The molecule has 0 unspecified atom stereocenters. The zero-order valence-electron chi connectivity index (χ0n) is 16.2. The molecule has 0 bridgehead atoms. The molecule has 4 rings (SSSR count). The highest BCUT2D eigenvalue weighted by atomic mass is 15.3. The van der Waals surface area contributed by atoms with Crippen molar-refractivity contribution in [2.45, 2.75) is 52.4 Å². The lowest BCUT2D eigenvalue weighted by atomic mass is 9.92. The second-order valence-electron chi connectivity index (χ2n) is 8.58. The third kappa shape index (κ3) is 3.37. The number of nitrogens with zero attached hydrogens (tertiary/aromatic N) is 5. The van der Waals surface area contributed by atoms with Gasteiger partial charge < -0.3 is 10.2 Å². The number of rotatable bonds is 4. The summed E-state index contributed by atoms with van der Waals surface area (Å²) in [5.74, 6) is 3.52.